The van der Waals surface area contributed by atoms with Crippen molar-refractivity contribution in [3.63, 3.8) is 0 Å². The first-order valence-electron chi connectivity index (χ1n) is 11.8. The van der Waals surface area contributed by atoms with E-state index in [-0.39, 0.29) is 23.1 Å². The number of ether oxygens (including phenoxy) is 1. The number of rotatable bonds is 6. The number of halogens is 1. The molecule has 3 aromatic rings. The van der Waals surface area contributed by atoms with E-state index in [2.05, 4.69) is 41.3 Å². The first kappa shape index (κ1) is 26.5. The number of benzene rings is 1. The van der Waals surface area contributed by atoms with Gasteiger partial charge in [0.2, 0.25) is 5.13 Å². The van der Waals surface area contributed by atoms with E-state index in [1.165, 1.54) is 22.7 Å². The van der Waals surface area contributed by atoms with E-state index in [0.29, 0.717) is 34.7 Å². The third kappa shape index (κ3) is 6.04. The van der Waals surface area contributed by atoms with E-state index >= 15 is 0 Å². The van der Waals surface area contributed by atoms with Crippen LogP contribution in [-0.2, 0) is 10.2 Å². The van der Waals surface area contributed by atoms with Crippen LogP contribution in [0.4, 0.5) is 5.13 Å². The van der Waals surface area contributed by atoms with Crippen LogP contribution in [0.1, 0.15) is 73.9 Å². The summed E-state index contributed by atoms with van der Waals surface area (Å²) in [6.07, 6.45) is 1.54. The minimum Gasteiger partial charge on any atom is -0.476 e. The molecular formula is C25H30ClN5O3S2. The molecule has 2 aromatic heterocycles. The van der Waals surface area contributed by atoms with Crippen LogP contribution in [0.5, 0.6) is 5.75 Å². The van der Waals surface area contributed by atoms with Gasteiger partial charge in [-0.1, -0.05) is 55.8 Å². The first-order chi connectivity index (χ1) is 16.9. The Kier molecular flexibility index (Phi) is 7.68. The van der Waals surface area contributed by atoms with Gasteiger partial charge in [-0.05, 0) is 38.8 Å². The molecule has 1 N–H and O–H groups in total. The summed E-state index contributed by atoms with van der Waals surface area (Å²) in [5.41, 5.74) is -0.794. The molecule has 0 saturated carbocycles. The van der Waals surface area contributed by atoms with Gasteiger partial charge < -0.3 is 9.64 Å². The van der Waals surface area contributed by atoms with Gasteiger partial charge in [0.15, 0.2) is 5.60 Å². The third-order valence-electron chi connectivity index (χ3n) is 5.89. The lowest BCUT2D eigenvalue weighted by atomic mass is 9.96. The average molecular weight is 548 g/mol. The minimum atomic E-state index is -1.04. The molecule has 1 saturated heterocycles. The quantitative estimate of drug-likeness (QED) is 0.421. The molecule has 1 aliphatic rings. The highest BCUT2D eigenvalue weighted by atomic mass is 35.5. The number of thiazole rings is 1. The number of para-hydroxylation sites is 1. The van der Waals surface area contributed by atoms with Crippen LogP contribution in [0.2, 0.25) is 5.02 Å². The van der Waals surface area contributed by atoms with Gasteiger partial charge in [0.05, 0.1) is 10.0 Å². The molecule has 0 bridgehead atoms. The van der Waals surface area contributed by atoms with Gasteiger partial charge in [0, 0.05) is 29.8 Å². The average Bonchev–Trinajstić information content (AvgIpc) is 3.50. The van der Waals surface area contributed by atoms with Gasteiger partial charge in [-0.3, -0.25) is 14.9 Å². The molecule has 0 atom stereocenters. The van der Waals surface area contributed by atoms with Crippen LogP contribution < -0.4 is 10.1 Å². The Bertz CT molecular complexity index is 1240. The molecule has 2 amide bonds. The highest BCUT2D eigenvalue weighted by Gasteiger charge is 2.37. The lowest BCUT2D eigenvalue weighted by molar-refractivity contribution is -0.146. The molecule has 0 spiro atoms. The van der Waals surface area contributed by atoms with Crippen molar-refractivity contribution in [3.05, 3.63) is 50.4 Å². The van der Waals surface area contributed by atoms with Crippen molar-refractivity contribution in [3.8, 4) is 5.75 Å². The maximum Gasteiger partial charge on any atom is 0.276 e. The summed E-state index contributed by atoms with van der Waals surface area (Å²) < 4.78 is 5.97. The number of hydrogen-bond acceptors (Lipinski definition) is 8. The zero-order chi connectivity index (χ0) is 26.1. The van der Waals surface area contributed by atoms with Crippen LogP contribution in [-0.4, -0.2) is 50.6 Å². The summed E-state index contributed by atoms with van der Waals surface area (Å²) in [4.78, 5) is 32.3. The minimum absolute atomic E-state index is 0.0771. The number of anilines is 1. The van der Waals surface area contributed by atoms with E-state index in [1.807, 2.05) is 17.0 Å². The molecular weight excluding hydrogens is 518 g/mol. The molecule has 1 aromatic carbocycles. The monoisotopic (exact) mass is 547 g/mol. The number of carbonyl (C=O) groups is 2. The van der Waals surface area contributed by atoms with Crippen LogP contribution in [0.3, 0.4) is 0 Å². The normalized spacial score (nSPS) is 15.1. The lowest BCUT2D eigenvalue weighted by Crippen LogP contribution is -2.51. The van der Waals surface area contributed by atoms with Crippen molar-refractivity contribution in [2.24, 2.45) is 0 Å². The highest BCUT2D eigenvalue weighted by molar-refractivity contribution is 7.15. The Morgan fingerprint density at radius 2 is 1.81 bits per heavy atom. The Hall–Kier alpha value is -2.56. The zero-order valence-corrected chi connectivity index (χ0v) is 23.4. The fourth-order valence-corrected chi connectivity index (χ4v) is 5.82. The number of piperidine rings is 1. The van der Waals surface area contributed by atoms with Gasteiger partial charge in [-0.2, -0.15) is 0 Å². The van der Waals surface area contributed by atoms with Crippen molar-refractivity contribution in [1.82, 2.24) is 20.1 Å². The summed E-state index contributed by atoms with van der Waals surface area (Å²) in [5, 5.41) is 15.5. The third-order valence-corrected chi connectivity index (χ3v) is 8.47. The molecule has 0 radical (unpaired) electrons. The summed E-state index contributed by atoms with van der Waals surface area (Å²) in [7, 11) is 0. The predicted molar refractivity (Wildman–Crippen MR) is 143 cm³/mol. The second-order valence-corrected chi connectivity index (χ2v) is 12.6. The highest BCUT2D eigenvalue weighted by Crippen LogP contribution is 2.33. The fraction of sp³-hybridized carbons (Fsp3) is 0.480. The Balaban J connectivity index is 1.33. The molecule has 11 heteroatoms. The second kappa shape index (κ2) is 10.4. The molecule has 36 heavy (non-hydrogen) atoms. The van der Waals surface area contributed by atoms with Crippen molar-refractivity contribution in [2.45, 2.75) is 64.4 Å². The molecule has 0 unspecified atom stereocenters. The van der Waals surface area contributed by atoms with Crippen molar-refractivity contribution in [1.29, 1.82) is 0 Å². The summed E-state index contributed by atoms with van der Waals surface area (Å²) >= 11 is 9.05. The predicted octanol–water partition coefficient (Wildman–Crippen LogP) is 5.76. The Morgan fingerprint density at radius 3 is 2.44 bits per heavy atom. The number of nitrogens with zero attached hydrogens (tertiary/aromatic N) is 4. The molecule has 192 valence electrons. The molecule has 1 fully saturated rings. The molecule has 4 rings (SSSR count). The fourth-order valence-electron chi connectivity index (χ4n) is 3.87. The van der Waals surface area contributed by atoms with Crippen LogP contribution in [0.15, 0.2) is 29.6 Å². The number of hydrogen-bond donors (Lipinski definition) is 1. The number of likely N-dealkylation sites (tertiary alicyclic amines) is 1. The smallest absolute Gasteiger partial charge is 0.276 e. The number of carbonyl (C=O) groups excluding carboxylic acids is 2. The maximum atomic E-state index is 13.2. The first-order valence-corrected chi connectivity index (χ1v) is 13.8. The SMILES string of the molecule is CC(C)(Oc1ccccc1Cl)C(=O)N1CCC(c2nc(C(=O)Nc3nnc(C(C)(C)C)s3)cs2)CC1. The van der Waals surface area contributed by atoms with E-state index in [0.717, 1.165) is 22.9 Å². The second-order valence-electron chi connectivity index (χ2n) is 10.3. The summed E-state index contributed by atoms with van der Waals surface area (Å²) in [6, 6.07) is 7.14. The molecule has 8 nitrogen and oxygen atoms in total. The van der Waals surface area contributed by atoms with Gasteiger partial charge in [-0.25, -0.2) is 4.98 Å². The van der Waals surface area contributed by atoms with Crippen LogP contribution in [0, 0.1) is 0 Å². The van der Waals surface area contributed by atoms with Crippen molar-refractivity contribution in [2.75, 3.05) is 18.4 Å². The van der Waals surface area contributed by atoms with Gasteiger partial charge >= 0.3 is 0 Å². The van der Waals surface area contributed by atoms with Crippen molar-refractivity contribution < 1.29 is 14.3 Å². The Morgan fingerprint density at radius 1 is 1.11 bits per heavy atom. The largest absolute Gasteiger partial charge is 0.476 e. The van der Waals surface area contributed by atoms with Crippen molar-refractivity contribution >= 4 is 51.2 Å². The van der Waals surface area contributed by atoms with E-state index in [9.17, 15) is 9.59 Å². The molecule has 1 aliphatic heterocycles. The molecule has 3 heterocycles. The topological polar surface area (TPSA) is 97.3 Å². The number of aromatic nitrogens is 3. The lowest BCUT2D eigenvalue weighted by Gasteiger charge is -2.36. The zero-order valence-electron chi connectivity index (χ0n) is 21.0. The van der Waals surface area contributed by atoms with Gasteiger partial charge in [0.1, 0.15) is 16.5 Å². The van der Waals surface area contributed by atoms with E-state index in [4.69, 9.17) is 16.3 Å². The number of amides is 2. The van der Waals surface area contributed by atoms with E-state index < -0.39 is 5.60 Å². The standard InChI is InChI=1S/C25H30ClN5O3S2/c1-24(2,3)21-29-30-23(36-21)28-19(32)17-14-35-20(27-17)15-10-12-31(13-11-15)22(33)25(4,5)34-18-9-7-6-8-16(18)26/h6-9,14-15H,10-13H2,1-5H3,(H,28,30,32). The van der Waals surface area contributed by atoms with Gasteiger partial charge in [0.25, 0.3) is 11.8 Å². The van der Waals surface area contributed by atoms with Crippen LogP contribution >= 0.6 is 34.3 Å². The maximum absolute atomic E-state index is 13.2. The van der Waals surface area contributed by atoms with E-state index in [1.54, 1.807) is 31.4 Å². The molecule has 0 aliphatic carbocycles. The summed E-state index contributed by atoms with van der Waals surface area (Å²) in [6.45, 7) is 10.9. The Labute approximate surface area is 224 Å². The van der Waals surface area contributed by atoms with Gasteiger partial charge in [-0.15, -0.1) is 21.5 Å². The summed E-state index contributed by atoms with van der Waals surface area (Å²) in [5.74, 6) is 0.318. The number of nitrogens with one attached hydrogen (secondary N) is 1. The van der Waals surface area contributed by atoms with Crippen LogP contribution in [0.25, 0.3) is 0 Å².